The Kier molecular flexibility index (Phi) is 4.26. The number of hydrogen-bond donors (Lipinski definition) is 1. The van der Waals surface area contributed by atoms with E-state index in [1.165, 1.54) is 12.2 Å². The first-order valence-electron chi connectivity index (χ1n) is 4.93. The quantitative estimate of drug-likeness (QED) is 0.784. The van der Waals surface area contributed by atoms with Crippen molar-refractivity contribution >= 4 is 17.7 Å². The third kappa shape index (κ3) is 2.89. The number of thioether (sulfide) groups is 1. The molecule has 2 unspecified atom stereocenters. The predicted molar refractivity (Wildman–Crippen MR) is 57.7 cm³/mol. The number of hydrogen-bond acceptors (Lipinski definition) is 3. The van der Waals surface area contributed by atoms with E-state index in [9.17, 15) is 4.79 Å². The molecule has 0 saturated carbocycles. The summed E-state index contributed by atoms with van der Waals surface area (Å²) in [6, 6.07) is 0. The molecule has 1 aliphatic rings. The van der Waals surface area contributed by atoms with Crippen molar-refractivity contribution in [1.29, 1.82) is 0 Å². The lowest BCUT2D eigenvalue weighted by atomic mass is 9.84. The molecule has 2 atom stereocenters. The van der Waals surface area contributed by atoms with E-state index in [0.717, 1.165) is 12.2 Å². The van der Waals surface area contributed by atoms with Gasteiger partial charge in [0, 0.05) is 7.11 Å². The molecule has 0 spiro atoms. The van der Waals surface area contributed by atoms with Crippen molar-refractivity contribution < 1.29 is 14.6 Å². The predicted octanol–water partition coefficient (Wildman–Crippen LogP) is 2.01. The second-order valence-corrected chi connectivity index (χ2v) is 5.15. The van der Waals surface area contributed by atoms with Crippen molar-refractivity contribution in [3.8, 4) is 0 Å². The highest BCUT2D eigenvalue weighted by Crippen LogP contribution is 2.35. The molecule has 0 aromatic rings. The fraction of sp³-hybridized carbons (Fsp3) is 0.900. The molecule has 0 aliphatic carbocycles. The summed E-state index contributed by atoms with van der Waals surface area (Å²) >= 11 is 1.90. The van der Waals surface area contributed by atoms with E-state index in [-0.39, 0.29) is 6.42 Å². The molecular formula is C10H18O3S. The Labute approximate surface area is 89.2 Å². The second kappa shape index (κ2) is 5.03. The molecule has 4 heteroatoms. The van der Waals surface area contributed by atoms with Crippen molar-refractivity contribution in [2.24, 2.45) is 5.92 Å². The maximum Gasteiger partial charge on any atom is 0.306 e. The molecule has 0 aromatic heterocycles. The average molecular weight is 218 g/mol. The lowest BCUT2D eigenvalue weighted by Gasteiger charge is -2.37. The van der Waals surface area contributed by atoms with Crippen LogP contribution in [0.15, 0.2) is 0 Å². The van der Waals surface area contributed by atoms with Gasteiger partial charge in [0.1, 0.15) is 0 Å². The summed E-state index contributed by atoms with van der Waals surface area (Å²) in [5.74, 6) is 1.83. The van der Waals surface area contributed by atoms with E-state index in [1.54, 1.807) is 7.11 Å². The first-order chi connectivity index (χ1) is 6.58. The van der Waals surface area contributed by atoms with E-state index < -0.39 is 11.6 Å². The summed E-state index contributed by atoms with van der Waals surface area (Å²) in [4.78, 5) is 10.7. The molecular weight excluding hydrogens is 200 g/mol. The minimum Gasteiger partial charge on any atom is -0.481 e. The Morgan fingerprint density at radius 1 is 1.71 bits per heavy atom. The molecule has 1 fully saturated rings. The SMILES string of the molecule is COC(C)(CC(=O)O)C1CCCSC1. The molecule has 1 N–H and O–H groups in total. The number of rotatable bonds is 4. The van der Waals surface area contributed by atoms with Crippen molar-refractivity contribution in [1.82, 2.24) is 0 Å². The zero-order valence-electron chi connectivity index (χ0n) is 8.78. The molecule has 3 nitrogen and oxygen atoms in total. The van der Waals surface area contributed by atoms with Crippen LogP contribution in [0.3, 0.4) is 0 Å². The molecule has 0 amide bonds. The number of ether oxygens (including phenoxy) is 1. The third-order valence-electron chi connectivity index (χ3n) is 2.99. The monoisotopic (exact) mass is 218 g/mol. The van der Waals surface area contributed by atoms with Gasteiger partial charge in [-0.15, -0.1) is 0 Å². The summed E-state index contributed by atoms with van der Waals surface area (Å²) < 4.78 is 5.39. The van der Waals surface area contributed by atoms with Gasteiger partial charge in [-0.3, -0.25) is 4.79 Å². The van der Waals surface area contributed by atoms with Crippen LogP contribution in [0.5, 0.6) is 0 Å². The molecule has 1 saturated heterocycles. The Bertz CT molecular complexity index is 202. The van der Waals surface area contributed by atoms with Gasteiger partial charge in [0.2, 0.25) is 0 Å². The number of aliphatic carboxylic acids is 1. The van der Waals surface area contributed by atoms with E-state index in [0.29, 0.717) is 5.92 Å². The highest BCUT2D eigenvalue weighted by Gasteiger charge is 2.37. The number of carboxylic acids is 1. The molecule has 14 heavy (non-hydrogen) atoms. The molecule has 82 valence electrons. The first kappa shape index (κ1) is 11.9. The Morgan fingerprint density at radius 2 is 2.43 bits per heavy atom. The van der Waals surface area contributed by atoms with Crippen LogP contribution in [0, 0.1) is 5.92 Å². The van der Waals surface area contributed by atoms with Gasteiger partial charge >= 0.3 is 5.97 Å². The van der Waals surface area contributed by atoms with Gasteiger partial charge in [0.05, 0.1) is 12.0 Å². The smallest absolute Gasteiger partial charge is 0.306 e. The van der Waals surface area contributed by atoms with Gasteiger partial charge in [-0.05, 0) is 37.2 Å². The molecule has 1 rings (SSSR count). The highest BCUT2D eigenvalue weighted by atomic mass is 32.2. The minimum atomic E-state index is -0.773. The van der Waals surface area contributed by atoms with Crippen molar-refractivity contribution in [2.45, 2.75) is 31.8 Å². The van der Waals surface area contributed by atoms with Crippen LogP contribution in [-0.4, -0.2) is 35.3 Å². The summed E-state index contributed by atoms with van der Waals surface area (Å²) in [6.45, 7) is 1.91. The second-order valence-electron chi connectivity index (χ2n) is 4.00. The van der Waals surface area contributed by atoms with Crippen LogP contribution in [0.1, 0.15) is 26.2 Å². The first-order valence-corrected chi connectivity index (χ1v) is 6.08. The van der Waals surface area contributed by atoms with Crippen LogP contribution in [0.4, 0.5) is 0 Å². The number of methoxy groups -OCH3 is 1. The maximum atomic E-state index is 10.7. The van der Waals surface area contributed by atoms with Crippen LogP contribution in [-0.2, 0) is 9.53 Å². The van der Waals surface area contributed by atoms with Crippen LogP contribution in [0.25, 0.3) is 0 Å². The van der Waals surface area contributed by atoms with E-state index in [1.807, 2.05) is 18.7 Å². The average Bonchev–Trinajstić information content (AvgIpc) is 2.18. The standard InChI is InChI=1S/C10H18O3S/c1-10(13-2,6-9(11)12)8-4-3-5-14-7-8/h8H,3-7H2,1-2H3,(H,11,12). The van der Waals surface area contributed by atoms with Crippen molar-refractivity contribution in [3.05, 3.63) is 0 Å². The zero-order valence-corrected chi connectivity index (χ0v) is 9.60. The van der Waals surface area contributed by atoms with Gasteiger partial charge in [-0.2, -0.15) is 11.8 Å². The Hall–Kier alpha value is -0.220. The lowest BCUT2D eigenvalue weighted by molar-refractivity contribution is -0.146. The largest absolute Gasteiger partial charge is 0.481 e. The van der Waals surface area contributed by atoms with Crippen molar-refractivity contribution in [3.63, 3.8) is 0 Å². The van der Waals surface area contributed by atoms with E-state index >= 15 is 0 Å². The van der Waals surface area contributed by atoms with Gasteiger partial charge < -0.3 is 9.84 Å². The normalized spacial score (nSPS) is 26.9. The number of carboxylic acid groups (broad SMARTS) is 1. The molecule has 0 radical (unpaired) electrons. The molecule has 0 bridgehead atoms. The van der Waals surface area contributed by atoms with Gasteiger partial charge in [0.25, 0.3) is 0 Å². The Balaban J connectivity index is 2.61. The van der Waals surface area contributed by atoms with Crippen molar-refractivity contribution in [2.75, 3.05) is 18.6 Å². The van der Waals surface area contributed by atoms with Gasteiger partial charge in [-0.25, -0.2) is 0 Å². The fourth-order valence-corrected chi connectivity index (χ4v) is 3.25. The van der Waals surface area contributed by atoms with Crippen LogP contribution in [0.2, 0.25) is 0 Å². The van der Waals surface area contributed by atoms with Gasteiger partial charge in [-0.1, -0.05) is 0 Å². The van der Waals surface area contributed by atoms with E-state index in [2.05, 4.69) is 0 Å². The minimum absolute atomic E-state index is 0.106. The fourth-order valence-electron chi connectivity index (χ4n) is 1.91. The summed E-state index contributed by atoms with van der Waals surface area (Å²) in [7, 11) is 1.61. The van der Waals surface area contributed by atoms with Crippen LogP contribution < -0.4 is 0 Å². The Morgan fingerprint density at radius 3 is 2.86 bits per heavy atom. The van der Waals surface area contributed by atoms with Gasteiger partial charge in [0.15, 0.2) is 0 Å². The molecule has 0 aromatic carbocycles. The zero-order chi connectivity index (χ0) is 10.6. The maximum absolute atomic E-state index is 10.7. The molecule has 1 aliphatic heterocycles. The number of carbonyl (C=O) groups is 1. The summed E-state index contributed by atoms with van der Waals surface area (Å²) in [5.41, 5.74) is -0.487. The summed E-state index contributed by atoms with van der Waals surface area (Å²) in [6.07, 6.45) is 2.37. The topological polar surface area (TPSA) is 46.5 Å². The third-order valence-corrected chi connectivity index (χ3v) is 4.21. The van der Waals surface area contributed by atoms with E-state index in [4.69, 9.17) is 9.84 Å². The highest BCUT2D eigenvalue weighted by molar-refractivity contribution is 7.99. The lowest BCUT2D eigenvalue weighted by Crippen LogP contribution is -2.41. The molecule has 1 heterocycles. The van der Waals surface area contributed by atoms with Crippen LogP contribution >= 0.6 is 11.8 Å². The summed E-state index contributed by atoms with van der Waals surface area (Å²) in [5, 5.41) is 8.82.